The first-order valence-electron chi connectivity index (χ1n) is 5.63. The van der Waals surface area contributed by atoms with Crippen LogP contribution in [0.2, 0.25) is 0 Å². The van der Waals surface area contributed by atoms with Gasteiger partial charge in [-0.1, -0.05) is 0 Å². The molecule has 1 fully saturated rings. The highest BCUT2D eigenvalue weighted by atomic mass is 16.5. The number of carboxylic acids is 1. The van der Waals surface area contributed by atoms with Crippen LogP contribution in [-0.4, -0.2) is 34.6 Å². The minimum absolute atomic E-state index is 0.292. The first-order valence-corrected chi connectivity index (χ1v) is 5.63. The van der Waals surface area contributed by atoms with Crippen molar-refractivity contribution in [2.75, 3.05) is 7.11 Å². The molecule has 1 aliphatic carbocycles. The molecule has 0 bridgehead atoms. The highest BCUT2D eigenvalue weighted by molar-refractivity contribution is 6.00. The van der Waals surface area contributed by atoms with Crippen LogP contribution in [0, 0.1) is 0 Å². The van der Waals surface area contributed by atoms with Gasteiger partial charge in [0.15, 0.2) is 0 Å². The Kier molecular flexibility index (Phi) is 3.18. The van der Waals surface area contributed by atoms with Crippen LogP contribution in [0.5, 0.6) is 5.75 Å². The van der Waals surface area contributed by atoms with Crippen molar-refractivity contribution < 1.29 is 19.4 Å². The maximum absolute atomic E-state index is 12.1. The lowest BCUT2D eigenvalue weighted by Crippen LogP contribution is -2.59. The van der Waals surface area contributed by atoms with Crippen molar-refractivity contribution >= 4 is 11.9 Å². The Balaban J connectivity index is 2.19. The lowest BCUT2D eigenvalue weighted by molar-refractivity contribution is -0.148. The monoisotopic (exact) mass is 250 g/mol. The summed E-state index contributed by atoms with van der Waals surface area (Å²) in [6, 6.07) is 1.50. The number of aromatic nitrogens is 1. The maximum Gasteiger partial charge on any atom is 0.329 e. The van der Waals surface area contributed by atoms with Crippen LogP contribution in [0.15, 0.2) is 18.5 Å². The molecule has 0 atom stereocenters. The summed E-state index contributed by atoms with van der Waals surface area (Å²) in [5.74, 6) is -1.11. The van der Waals surface area contributed by atoms with Gasteiger partial charge in [-0.2, -0.15) is 0 Å². The molecule has 18 heavy (non-hydrogen) atoms. The third kappa shape index (κ3) is 2.01. The third-order valence-electron chi connectivity index (χ3n) is 3.22. The number of hydrogen-bond acceptors (Lipinski definition) is 4. The second-order valence-corrected chi connectivity index (χ2v) is 4.27. The van der Waals surface area contributed by atoms with Crippen LogP contribution >= 0.6 is 0 Å². The highest BCUT2D eigenvalue weighted by Crippen LogP contribution is 2.32. The quantitative estimate of drug-likeness (QED) is 0.826. The van der Waals surface area contributed by atoms with Gasteiger partial charge in [0.2, 0.25) is 0 Å². The molecule has 1 aromatic heterocycles. The van der Waals surface area contributed by atoms with Crippen molar-refractivity contribution in [1.29, 1.82) is 0 Å². The van der Waals surface area contributed by atoms with E-state index in [1.54, 1.807) is 0 Å². The number of carbonyl (C=O) groups is 2. The molecule has 0 aromatic carbocycles. The molecule has 0 saturated heterocycles. The van der Waals surface area contributed by atoms with E-state index in [4.69, 9.17) is 9.84 Å². The molecule has 6 nitrogen and oxygen atoms in total. The van der Waals surface area contributed by atoms with Crippen molar-refractivity contribution in [2.45, 2.75) is 24.8 Å². The van der Waals surface area contributed by atoms with E-state index in [1.807, 2.05) is 0 Å². The first kappa shape index (κ1) is 12.3. The Morgan fingerprint density at radius 2 is 2.22 bits per heavy atom. The van der Waals surface area contributed by atoms with Gasteiger partial charge in [0, 0.05) is 6.20 Å². The Morgan fingerprint density at radius 3 is 2.72 bits per heavy atom. The summed E-state index contributed by atoms with van der Waals surface area (Å²) in [5, 5.41) is 11.7. The lowest BCUT2D eigenvalue weighted by atomic mass is 9.76. The molecule has 0 radical (unpaired) electrons. The summed E-state index contributed by atoms with van der Waals surface area (Å²) in [5.41, 5.74) is -0.828. The number of amides is 1. The maximum atomic E-state index is 12.1. The van der Waals surface area contributed by atoms with E-state index in [-0.39, 0.29) is 0 Å². The average Bonchev–Trinajstić information content (AvgIpc) is 2.33. The predicted molar refractivity (Wildman–Crippen MR) is 62.5 cm³/mol. The van der Waals surface area contributed by atoms with E-state index < -0.39 is 17.4 Å². The molecular weight excluding hydrogens is 236 g/mol. The van der Waals surface area contributed by atoms with Crippen LogP contribution < -0.4 is 10.1 Å². The first-order chi connectivity index (χ1) is 8.59. The molecule has 1 amide bonds. The third-order valence-corrected chi connectivity index (χ3v) is 3.22. The molecule has 1 aliphatic rings. The summed E-state index contributed by atoms with van der Waals surface area (Å²) in [6.07, 6.45) is 4.61. The van der Waals surface area contributed by atoms with E-state index in [9.17, 15) is 9.59 Å². The number of pyridine rings is 1. The SMILES string of the molecule is COc1cnccc1C(=O)NC1(C(=O)O)CCC1. The minimum atomic E-state index is -1.12. The Bertz CT molecular complexity index is 483. The standard InChI is InChI=1S/C12H14N2O4/c1-18-9-7-13-6-3-8(9)10(15)14-12(11(16)17)4-2-5-12/h3,6-7H,2,4-5H2,1H3,(H,14,15)(H,16,17). The van der Waals surface area contributed by atoms with Gasteiger partial charge in [-0.05, 0) is 25.3 Å². The van der Waals surface area contributed by atoms with Crippen molar-refractivity contribution in [3.63, 3.8) is 0 Å². The van der Waals surface area contributed by atoms with Crippen LogP contribution in [-0.2, 0) is 4.79 Å². The second-order valence-electron chi connectivity index (χ2n) is 4.27. The van der Waals surface area contributed by atoms with Gasteiger partial charge in [0.25, 0.3) is 5.91 Å². The number of rotatable bonds is 4. The normalized spacial score (nSPS) is 16.5. The van der Waals surface area contributed by atoms with Gasteiger partial charge in [-0.3, -0.25) is 9.78 Å². The molecule has 6 heteroatoms. The summed E-state index contributed by atoms with van der Waals surface area (Å²) in [4.78, 5) is 27.1. The number of aliphatic carboxylic acids is 1. The largest absolute Gasteiger partial charge is 0.494 e. The fourth-order valence-electron chi connectivity index (χ4n) is 1.94. The van der Waals surface area contributed by atoms with Crippen molar-refractivity contribution in [1.82, 2.24) is 10.3 Å². The zero-order chi connectivity index (χ0) is 13.2. The number of carboxylic acid groups (broad SMARTS) is 1. The van der Waals surface area contributed by atoms with Gasteiger partial charge in [-0.15, -0.1) is 0 Å². The molecule has 1 heterocycles. The zero-order valence-electron chi connectivity index (χ0n) is 9.97. The zero-order valence-corrected chi connectivity index (χ0v) is 9.97. The van der Waals surface area contributed by atoms with Crippen LogP contribution in [0.25, 0.3) is 0 Å². The van der Waals surface area contributed by atoms with Crippen LogP contribution in [0.3, 0.4) is 0 Å². The number of carbonyl (C=O) groups excluding carboxylic acids is 1. The molecule has 96 valence electrons. The molecule has 1 saturated carbocycles. The molecule has 2 rings (SSSR count). The Labute approximate surface area is 104 Å². The number of methoxy groups -OCH3 is 1. The smallest absolute Gasteiger partial charge is 0.329 e. The summed E-state index contributed by atoms with van der Waals surface area (Å²) in [6.45, 7) is 0. The number of hydrogen-bond donors (Lipinski definition) is 2. The molecule has 2 N–H and O–H groups in total. The highest BCUT2D eigenvalue weighted by Gasteiger charge is 2.46. The average molecular weight is 250 g/mol. The summed E-state index contributed by atoms with van der Waals surface area (Å²) >= 11 is 0. The van der Waals surface area contributed by atoms with Crippen molar-refractivity contribution in [3.05, 3.63) is 24.0 Å². The Hall–Kier alpha value is -2.11. The number of ether oxygens (including phenoxy) is 1. The molecule has 0 spiro atoms. The Morgan fingerprint density at radius 1 is 1.50 bits per heavy atom. The topological polar surface area (TPSA) is 88.5 Å². The fourth-order valence-corrected chi connectivity index (χ4v) is 1.94. The predicted octanol–water partition coefficient (Wildman–Crippen LogP) is 0.827. The van der Waals surface area contributed by atoms with E-state index >= 15 is 0 Å². The van der Waals surface area contributed by atoms with E-state index in [2.05, 4.69) is 10.3 Å². The van der Waals surface area contributed by atoms with Crippen LogP contribution in [0.4, 0.5) is 0 Å². The van der Waals surface area contributed by atoms with Gasteiger partial charge in [-0.25, -0.2) is 4.79 Å². The van der Waals surface area contributed by atoms with E-state index in [0.29, 0.717) is 24.2 Å². The van der Waals surface area contributed by atoms with Crippen molar-refractivity contribution in [3.8, 4) is 5.75 Å². The lowest BCUT2D eigenvalue weighted by Gasteiger charge is -2.38. The van der Waals surface area contributed by atoms with Gasteiger partial charge in [0.05, 0.1) is 18.9 Å². The summed E-state index contributed by atoms with van der Waals surface area (Å²) < 4.78 is 5.02. The van der Waals surface area contributed by atoms with Crippen LogP contribution in [0.1, 0.15) is 29.6 Å². The van der Waals surface area contributed by atoms with Gasteiger partial charge < -0.3 is 15.2 Å². The van der Waals surface area contributed by atoms with E-state index in [1.165, 1.54) is 25.6 Å². The fraction of sp³-hybridized carbons (Fsp3) is 0.417. The van der Waals surface area contributed by atoms with Crippen molar-refractivity contribution in [2.24, 2.45) is 0 Å². The number of nitrogens with zero attached hydrogens (tertiary/aromatic N) is 1. The minimum Gasteiger partial charge on any atom is -0.494 e. The molecule has 0 aliphatic heterocycles. The number of nitrogens with one attached hydrogen (secondary N) is 1. The second kappa shape index (κ2) is 4.64. The van der Waals surface area contributed by atoms with Gasteiger partial charge in [0.1, 0.15) is 11.3 Å². The van der Waals surface area contributed by atoms with Gasteiger partial charge >= 0.3 is 5.97 Å². The summed E-state index contributed by atoms with van der Waals surface area (Å²) in [7, 11) is 1.43. The molecule has 0 unspecified atom stereocenters. The van der Waals surface area contributed by atoms with E-state index in [0.717, 1.165) is 6.42 Å². The molecule has 1 aromatic rings. The molecular formula is C12H14N2O4.